The van der Waals surface area contributed by atoms with Crippen LogP contribution in [0.25, 0.3) is 11.5 Å². The van der Waals surface area contributed by atoms with E-state index in [4.69, 9.17) is 4.42 Å². The molecule has 4 aromatic rings. The molecular weight excluding hydrogens is 374 g/mol. The third-order valence-electron chi connectivity index (χ3n) is 4.06. The van der Waals surface area contributed by atoms with E-state index in [0.29, 0.717) is 23.6 Å². The van der Waals surface area contributed by atoms with Gasteiger partial charge in [0.25, 0.3) is 10.0 Å². The summed E-state index contributed by atoms with van der Waals surface area (Å²) in [6.45, 7) is 0. The lowest BCUT2D eigenvalue weighted by atomic mass is 10.1. The molecule has 2 aromatic carbocycles. The Morgan fingerprint density at radius 3 is 2.25 bits per heavy atom. The summed E-state index contributed by atoms with van der Waals surface area (Å²) in [5.41, 5.74) is 2.25. The average Bonchev–Trinajstić information content (AvgIpc) is 3.24. The molecule has 0 fully saturated rings. The summed E-state index contributed by atoms with van der Waals surface area (Å²) in [4.78, 5) is 8.88. The number of aromatic nitrogens is 2. The number of anilines is 1. The van der Waals surface area contributed by atoms with E-state index < -0.39 is 10.0 Å². The SMILES string of the molecule is O=S(=O)(Nc1nc(Cc2ccccc2)cc(-c2ccco2)n1)c1ccccc1. The Balaban J connectivity index is 1.72. The predicted molar refractivity (Wildman–Crippen MR) is 106 cm³/mol. The molecule has 0 saturated heterocycles. The van der Waals surface area contributed by atoms with Gasteiger partial charge in [-0.1, -0.05) is 48.5 Å². The standard InChI is InChI=1S/C21H17N3O3S/c25-28(26,18-10-5-2-6-11-18)24-21-22-17(14-16-8-3-1-4-9-16)15-19(23-21)20-12-7-13-27-20/h1-13,15H,14H2,(H,22,23,24). The lowest BCUT2D eigenvalue weighted by Crippen LogP contribution is -2.16. The monoisotopic (exact) mass is 391 g/mol. The molecule has 140 valence electrons. The first-order valence-corrected chi connectivity index (χ1v) is 10.1. The minimum absolute atomic E-state index is 0.00341. The van der Waals surface area contributed by atoms with Crippen molar-refractivity contribution >= 4 is 16.0 Å². The van der Waals surface area contributed by atoms with Gasteiger partial charge in [0, 0.05) is 6.42 Å². The molecule has 2 aromatic heterocycles. The second-order valence-corrected chi connectivity index (χ2v) is 7.81. The molecule has 7 heteroatoms. The fourth-order valence-electron chi connectivity index (χ4n) is 2.77. The molecular formula is C21H17N3O3S. The highest BCUT2D eigenvalue weighted by Gasteiger charge is 2.17. The summed E-state index contributed by atoms with van der Waals surface area (Å²) >= 11 is 0. The van der Waals surface area contributed by atoms with Crippen LogP contribution in [0.15, 0.2) is 94.4 Å². The Kier molecular flexibility index (Phi) is 4.90. The normalized spacial score (nSPS) is 11.3. The van der Waals surface area contributed by atoms with Crippen LogP contribution in [0, 0.1) is 0 Å². The maximum absolute atomic E-state index is 12.7. The molecule has 0 saturated carbocycles. The number of nitrogens with zero attached hydrogens (tertiary/aromatic N) is 2. The predicted octanol–water partition coefficient (Wildman–Crippen LogP) is 4.13. The number of sulfonamides is 1. The van der Waals surface area contributed by atoms with Crippen molar-refractivity contribution in [2.24, 2.45) is 0 Å². The molecule has 6 nitrogen and oxygen atoms in total. The van der Waals surface area contributed by atoms with Gasteiger partial charge in [0.1, 0.15) is 5.69 Å². The molecule has 0 atom stereocenters. The average molecular weight is 391 g/mol. The Bertz CT molecular complexity index is 1160. The van der Waals surface area contributed by atoms with E-state index in [9.17, 15) is 8.42 Å². The zero-order valence-electron chi connectivity index (χ0n) is 14.8. The maximum atomic E-state index is 12.7. The third kappa shape index (κ3) is 4.10. The minimum atomic E-state index is -3.79. The van der Waals surface area contributed by atoms with Gasteiger partial charge in [0.2, 0.25) is 5.95 Å². The molecule has 0 radical (unpaired) electrons. The zero-order chi connectivity index (χ0) is 19.4. The first-order chi connectivity index (χ1) is 13.6. The van der Waals surface area contributed by atoms with E-state index in [1.807, 2.05) is 30.3 Å². The van der Waals surface area contributed by atoms with Crippen LogP contribution in [0.1, 0.15) is 11.3 Å². The van der Waals surface area contributed by atoms with Crippen molar-refractivity contribution in [3.05, 3.63) is 96.4 Å². The van der Waals surface area contributed by atoms with Gasteiger partial charge in [-0.05, 0) is 35.9 Å². The van der Waals surface area contributed by atoms with Crippen LogP contribution in [-0.2, 0) is 16.4 Å². The lowest BCUT2D eigenvalue weighted by molar-refractivity contribution is 0.579. The maximum Gasteiger partial charge on any atom is 0.264 e. The molecule has 28 heavy (non-hydrogen) atoms. The van der Waals surface area contributed by atoms with Crippen molar-refractivity contribution in [1.82, 2.24) is 9.97 Å². The van der Waals surface area contributed by atoms with Crippen molar-refractivity contribution in [3.8, 4) is 11.5 Å². The summed E-state index contributed by atoms with van der Waals surface area (Å²) in [6.07, 6.45) is 2.08. The lowest BCUT2D eigenvalue weighted by Gasteiger charge is -2.10. The highest BCUT2D eigenvalue weighted by atomic mass is 32.2. The van der Waals surface area contributed by atoms with Gasteiger partial charge >= 0.3 is 0 Å². The molecule has 0 spiro atoms. The Hall–Kier alpha value is -3.45. The van der Waals surface area contributed by atoms with Crippen molar-refractivity contribution in [2.75, 3.05) is 4.72 Å². The third-order valence-corrected chi connectivity index (χ3v) is 5.40. The Labute approximate surface area is 163 Å². The van der Waals surface area contributed by atoms with Crippen LogP contribution in [0.4, 0.5) is 5.95 Å². The molecule has 0 aliphatic carbocycles. The summed E-state index contributed by atoms with van der Waals surface area (Å²) in [6, 6.07) is 23.2. The fourth-order valence-corrected chi connectivity index (χ4v) is 3.73. The van der Waals surface area contributed by atoms with Gasteiger partial charge in [-0.25, -0.2) is 23.1 Å². The van der Waals surface area contributed by atoms with Crippen molar-refractivity contribution in [1.29, 1.82) is 0 Å². The second-order valence-electron chi connectivity index (χ2n) is 6.13. The molecule has 0 aliphatic rings. The number of nitrogens with one attached hydrogen (secondary N) is 1. The highest BCUT2D eigenvalue weighted by molar-refractivity contribution is 7.92. The summed E-state index contributed by atoms with van der Waals surface area (Å²) in [5, 5.41) is 0. The van der Waals surface area contributed by atoms with Gasteiger partial charge in [-0.3, -0.25) is 0 Å². The molecule has 4 rings (SSSR count). The zero-order valence-corrected chi connectivity index (χ0v) is 15.6. The highest BCUT2D eigenvalue weighted by Crippen LogP contribution is 2.22. The van der Waals surface area contributed by atoms with E-state index >= 15 is 0 Å². The molecule has 0 unspecified atom stereocenters. The molecule has 1 N–H and O–H groups in total. The van der Waals surface area contributed by atoms with Crippen LogP contribution < -0.4 is 4.72 Å². The topological polar surface area (TPSA) is 85.1 Å². The smallest absolute Gasteiger partial charge is 0.264 e. The fraction of sp³-hybridized carbons (Fsp3) is 0.0476. The van der Waals surface area contributed by atoms with E-state index in [-0.39, 0.29) is 10.8 Å². The first-order valence-electron chi connectivity index (χ1n) is 8.64. The van der Waals surface area contributed by atoms with E-state index in [1.165, 1.54) is 12.1 Å². The van der Waals surface area contributed by atoms with Crippen LogP contribution in [0.3, 0.4) is 0 Å². The quantitative estimate of drug-likeness (QED) is 0.534. The summed E-state index contributed by atoms with van der Waals surface area (Å²) < 4.78 is 33.2. The number of furan rings is 1. The van der Waals surface area contributed by atoms with E-state index in [0.717, 1.165) is 5.56 Å². The van der Waals surface area contributed by atoms with E-state index in [2.05, 4.69) is 14.7 Å². The van der Waals surface area contributed by atoms with Gasteiger partial charge in [0.15, 0.2) is 5.76 Å². The first kappa shape index (κ1) is 17.9. The van der Waals surface area contributed by atoms with Crippen molar-refractivity contribution in [3.63, 3.8) is 0 Å². The summed E-state index contributed by atoms with van der Waals surface area (Å²) in [5.74, 6) is 0.542. The largest absolute Gasteiger partial charge is 0.463 e. The van der Waals surface area contributed by atoms with Gasteiger partial charge in [-0.2, -0.15) is 0 Å². The van der Waals surface area contributed by atoms with Crippen LogP contribution >= 0.6 is 0 Å². The Morgan fingerprint density at radius 1 is 0.857 bits per heavy atom. The molecule has 2 heterocycles. The van der Waals surface area contributed by atoms with Gasteiger partial charge in [0.05, 0.1) is 16.9 Å². The van der Waals surface area contributed by atoms with Gasteiger partial charge < -0.3 is 4.42 Å². The second kappa shape index (κ2) is 7.66. The molecule has 0 bridgehead atoms. The van der Waals surface area contributed by atoms with Crippen molar-refractivity contribution < 1.29 is 12.8 Å². The minimum Gasteiger partial charge on any atom is -0.463 e. The van der Waals surface area contributed by atoms with Crippen molar-refractivity contribution in [2.45, 2.75) is 11.3 Å². The van der Waals surface area contributed by atoms with Gasteiger partial charge in [-0.15, -0.1) is 0 Å². The Morgan fingerprint density at radius 2 is 1.57 bits per heavy atom. The number of benzene rings is 2. The number of rotatable bonds is 6. The number of hydrogen-bond donors (Lipinski definition) is 1. The number of hydrogen-bond acceptors (Lipinski definition) is 5. The van der Waals surface area contributed by atoms with Crippen LogP contribution in [-0.4, -0.2) is 18.4 Å². The van der Waals surface area contributed by atoms with Crippen LogP contribution in [0.5, 0.6) is 0 Å². The van der Waals surface area contributed by atoms with Crippen LogP contribution in [0.2, 0.25) is 0 Å². The molecule has 0 amide bonds. The molecule has 0 aliphatic heterocycles. The summed E-state index contributed by atoms with van der Waals surface area (Å²) in [7, 11) is -3.79. The van der Waals surface area contributed by atoms with E-state index in [1.54, 1.807) is 42.7 Å².